The summed E-state index contributed by atoms with van der Waals surface area (Å²) in [4.78, 5) is 6.86. The van der Waals surface area contributed by atoms with E-state index in [1.807, 2.05) is 6.92 Å². The summed E-state index contributed by atoms with van der Waals surface area (Å²) in [6.07, 6.45) is 1.00. The van der Waals surface area contributed by atoms with Gasteiger partial charge in [-0.25, -0.2) is 4.99 Å². The van der Waals surface area contributed by atoms with Crippen molar-refractivity contribution in [2.24, 2.45) is 4.99 Å². The monoisotopic (exact) mass is 370 g/mol. The highest BCUT2D eigenvalue weighted by Gasteiger charge is 2.04. The molecule has 0 atom stereocenters. The molecule has 0 bridgehead atoms. The van der Waals surface area contributed by atoms with Crippen LogP contribution in [0.5, 0.6) is 0 Å². The topological polar surface area (TPSA) is 57.5 Å². The molecule has 0 aliphatic carbocycles. The molecule has 0 aliphatic heterocycles. The van der Waals surface area contributed by atoms with E-state index >= 15 is 0 Å². The van der Waals surface area contributed by atoms with Crippen molar-refractivity contribution >= 4 is 11.6 Å². The minimum atomic E-state index is 0.673. The van der Waals surface area contributed by atoms with Crippen molar-refractivity contribution in [3.8, 4) is 0 Å². The number of guanidine groups is 1. The molecule has 27 heavy (non-hydrogen) atoms. The van der Waals surface area contributed by atoms with E-state index in [1.54, 1.807) is 0 Å². The highest BCUT2D eigenvalue weighted by Crippen LogP contribution is 2.17. The smallest absolute Gasteiger partial charge is 0.191 e. The molecule has 2 rings (SSSR count). The Morgan fingerprint density at radius 1 is 1.15 bits per heavy atom. The number of aryl methyl sites for hydroxylation is 4. The standard InChI is InChI=1S/C21H34N6/c1-7-22-21(23-11-8-12-27-18(4)14-17(3)25-27)24-15-19-9-10-20(26(5)6)13-16(19)2/h9-10,13-14H,7-8,11-12,15H2,1-6H3,(H2,22,23,24). The van der Waals surface area contributed by atoms with Crippen molar-refractivity contribution in [3.05, 3.63) is 46.8 Å². The van der Waals surface area contributed by atoms with Crippen LogP contribution in [0, 0.1) is 20.8 Å². The number of hydrogen-bond donors (Lipinski definition) is 2. The number of nitrogens with one attached hydrogen (secondary N) is 2. The lowest BCUT2D eigenvalue weighted by Crippen LogP contribution is -2.38. The first-order valence-corrected chi connectivity index (χ1v) is 9.70. The van der Waals surface area contributed by atoms with Gasteiger partial charge in [-0.3, -0.25) is 4.68 Å². The fourth-order valence-electron chi connectivity index (χ4n) is 2.98. The zero-order chi connectivity index (χ0) is 19.8. The fourth-order valence-corrected chi connectivity index (χ4v) is 2.98. The van der Waals surface area contributed by atoms with Crippen LogP contribution >= 0.6 is 0 Å². The molecule has 1 aromatic carbocycles. The summed E-state index contributed by atoms with van der Waals surface area (Å²) in [6.45, 7) is 11.7. The molecule has 0 spiro atoms. The summed E-state index contributed by atoms with van der Waals surface area (Å²) in [5.41, 5.74) is 6.02. The molecule has 1 heterocycles. The van der Waals surface area contributed by atoms with Gasteiger partial charge in [-0.2, -0.15) is 5.10 Å². The van der Waals surface area contributed by atoms with E-state index in [9.17, 15) is 0 Å². The molecule has 1 aromatic heterocycles. The summed E-state index contributed by atoms with van der Waals surface area (Å²) in [5, 5.41) is 11.3. The minimum absolute atomic E-state index is 0.673. The van der Waals surface area contributed by atoms with Crippen LogP contribution in [0.25, 0.3) is 0 Å². The molecule has 0 aliphatic rings. The number of nitrogens with zero attached hydrogens (tertiary/aromatic N) is 4. The van der Waals surface area contributed by atoms with E-state index in [2.05, 4.69) is 84.4 Å². The van der Waals surface area contributed by atoms with Crippen molar-refractivity contribution in [1.29, 1.82) is 0 Å². The third kappa shape index (κ3) is 6.31. The first-order valence-electron chi connectivity index (χ1n) is 9.70. The number of anilines is 1. The molecule has 2 N–H and O–H groups in total. The van der Waals surface area contributed by atoms with E-state index in [-0.39, 0.29) is 0 Å². The molecule has 0 fully saturated rings. The molecule has 0 saturated carbocycles. The molecule has 2 aromatic rings. The van der Waals surface area contributed by atoms with Crippen LogP contribution in [0.3, 0.4) is 0 Å². The van der Waals surface area contributed by atoms with Crippen LogP contribution in [-0.4, -0.2) is 42.9 Å². The zero-order valence-corrected chi connectivity index (χ0v) is 17.6. The molecule has 0 amide bonds. The second-order valence-electron chi connectivity index (χ2n) is 7.13. The van der Waals surface area contributed by atoms with Crippen molar-refractivity contribution in [1.82, 2.24) is 20.4 Å². The van der Waals surface area contributed by atoms with Gasteiger partial charge in [0.05, 0.1) is 12.2 Å². The quantitative estimate of drug-likeness (QED) is 0.426. The van der Waals surface area contributed by atoms with Gasteiger partial charge in [0.1, 0.15) is 0 Å². The van der Waals surface area contributed by atoms with Crippen molar-refractivity contribution in [3.63, 3.8) is 0 Å². The lowest BCUT2D eigenvalue weighted by Gasteiger charge is -2.15. The average molecular weight is 371 g/mol. The van der Waals surface area contributed by atoms with Crippen LogP contribution in [0.4, 0.5) is 5.69 Å². The van der Waals surface area contributed by atoms with E-state index in [0.717, 1.165) is 37.7 Å². The molecule has 6 nitrogen and oxygen atoms in total. The zero-order valence-electron chi connectivity index (χ0n) is 17.6. The predicted octanol–water partition coefficient (Wildman–Crippen LogP) is 3.02. The highest BCUT2D eigenvalue weighted by atomic mass is 15.3. The van der Waals surface area contributed by atoms with Crippen molar-refractivity contribution in [2.75, 3.05) is 32.1 Å². The van der Waals surface area contributed by atoms with E-state index in [1.165, 1.54) is 22.5 Å². The van der Waals surface area contributed by atoms with Gasteiger partial charge in [-0.15, -0.1) is 0 Å². The van der Waals surface area contributed by atoms with Crippen LogP contribution in [-0.2, 0) is 13.1 Å². The molecule has 0 unspecified atom stereocenters. The van der Waals surface area contributed by atoms with E-state index < -0.39 is 0 Å². The fraction of sp³-hybridized carbons (Fsp3) is 0.524. The van der Waals surface area contributed by atoms with Gasteiger partial charge in [0.25, 0.3) is 0 Å². The average Bonchev–Trinajstić information content (AvgIpc) is 2.94. The normalized spacial score (nSPS) is 11.6. The van der Waals surface area contributed by atoms with Crippen molar-refractivity contribution < 1.29 is 0 Å². The Hall–Kier alpha value is -2.50. The second kappa shape index (κ2) is 10.00. The van der Waals surface area contributed by atoms with E-state index in [0.29, 0.717) is 6.54 Å². The summed E-state index contributed by atoms with van der Waals surface area (Å²) >= 11 is 0. The summed E-state index contributed by atoms with van der Waals surface area (Å²) in [7, 11) is 4.12. The number of hydrogen-bond acceptors (Lipinski definition) is 3. The summed E-state index contributed by atoms with van der Waals surface area (Å²) < 4.78 is 2.07. The lowest BCUT2D eigenvalue weighted by molar-refractivity contribution is 0.555. The Morgan fingerprint density at radius 2 is 1.93 bits per heavy atom. The first-order chi connectivity index (χ1) is 12.9. The van der Waals surface area contributed by atoms with Crippen LogP contribution in [0.15, 0.2) is 29.3 Å². The van der Waals surface area contributed by atoms with Crippen LogP contribution < -0.4 is 15.5 Å². The highest BCUT2D eigenvalue weighted by molar-refractivity contribution is 5.79. The number of rotatable bonds is 8. The Kier molecular flexibility index (Phi) is 7.70. The molecular formula is C21H34N6. The first kappa shape index (κ1) is 20.8. The number of aromatic nitrogens is 2. The van der Waals surface area contributed by atoms with Gasteiger partial charge in [0.2, 0.25) is 0 Å². The van der Waals surface area contributed by atoms with E-state index in [4.69, 9.17) is 4.99 Å². The SMILES string of the molecule is CCNC(=NCc1ccc(N(C)C)cc1C)NCCCn1nc(C)cc1C. The minimum Gasteiger partial charge on any atom is -0.378 e. The maximum absolute atomic E-state index is 4.74. The largest absolute Gasteiger partial charge is 0.378 e. The molecular weight excluding hydrogens is 336 g/mol. The summed E-state index contributed by atoms with van der Waals surface area (Å²) in [6, 6.07) is 8.63. The molecule has 0 radical (unpaired) electrons. The third-order valence-electron chi connectivity index (χ3n) is 4.54. The summed E-state index contributed by atoms with van der Waals surface area (Å²) in [5.74, 6) is 0.863. The van der Waals surface area contributed by atoms with Gasteiger partial charge in [-0.1, -0.05) is 6.07 Å². The van der Waals surface area contributed by atoms with Gasteiger partial charge in [-0.05, 0) is 63.4 Å². The predicted molar refractivity (Wildman–Crippen MR) is 115 cm³/mol. The van der Waals surface area contributed by atoms with Gasteiger partial charge >= 0.3 is 0 Å². The Bertz CT molecular complexity index is 760. The lowest BCUT2D eigenvalue weighted by atomic mass is 10.1. The number of benzene rings is 1. The number of aliphatic imine (C=N–C) groups is 1. The molecule has 6 heteroatoms. The second-order valence-corrected chi connectivity index (χ2v) is 7.13. The van der Waals surface area contributed by atoms with Crippen LogP contribution in [0.1, 0.15) is 35.9 Å². The van der Waals surface area contributed by atoms with Gasteiger partial charge in [0, 0.05) is 45.1 Å². The Labute approximate surface area is 163 Å². The van der Waals surface area contributed by atoms with Crippen LogP contribution in [0.2, 0.25) is 0 Å². The Balaban J connectivity index is 1.89. The maximum atomic E-state index is 4.74. The van der Waals surface area contributed by atoms with Gasteiger partial charge in [0.15, 0.2) is 5.96 Å². The molecule has 0 saturated heterocycles. The van der Waals surface area contributed by atoms with Crippen molar-refractivity contribution in [2.45, 2.75) is 47.2 Å². The maximum Gasteiger partial charge on any atom is 0.191 e. The van der Waals surface area contributed by atoms with Gasteiger partial charge < -0.3 is 15.5 Å². The third-order valence-corrected chi connectivity index (χ3v) is 4.54. The Morgan fingerprint density at radius 3 is 2.52 bits per heavy atom. The molecule has 148 valence electrons.